The fourth-order valence-electron chi connectivity index (χ4n) is 3.48. The van der Waals surface area contributed by atoms with Gasteiger partial charge in [-0.15, -0.1) is 12.4 Å². The molecule has 2 heterocycles. The predicted octanol–water partition coefficient (Wildman–Crippen LogP) is 4.47. The molecule has 1 saturated heterocycles. The van der Waals surface area contributed by atoms with E-state index in [0.29, 0.717) is 5.78 Å². The van der Waals surface area contributed by atoms with Crippen LogP contribution in [0.2, 0.25) is 0 Å². The molecule has 0 radical (unpaired) electrons. The molecule has 1 aliphatic rings. The molecule has 1 aromatic heterocycles. The van der Waals surface area contributed by atoms with Crippen molar-refractivity contribution in [3.63, 3.8) is 0 Å². The van der Waals surface area contributed by atoms with E-state index in [2.05, 4.69) is 35.0 Å². The smallest absolute Gasteiger partial charge is 0.179 e. The molecule has 3 nitrogen and oxygen atoms in total. The van der Waals surface area contributed by atoms with Crippen LogP contribution in [0.4, 0.5) is 0 Å². The Morgan fingerprint density at radius 1 is 1.17 bits per heavy atom. The summed E-state index contributed by atoms with van der Waals surface area (Å²) in [6, 6.07) is 12.3. The van der Waals surface area contributed by atoms with Crippen molar-refractivity contribution < 1.29 is 4.79 Å². The van der Waals surface area contributed by atoms with Gasteiger partial charge >= 0.3 is 0 Å². The number of aromatic nitrogens is 1. The van der Waals surface area contributed by atoms with Crippen molar-refractivity contribution >= 4 is 18.2 Å². The van der Waals surface area contributed by atoms with E-state index in [4.69, 9.17) is 0 Å². The second-order valence-corrected chi connectivity index (χ2v) is 6.48. The van der Waals surface area contributed by atoms with Crippen LogP contribution >= 0.6 is 12.4 Å². The first-order valence-electron chi connectivity index (χ1n) is 8.77. The van der Waals surface area contributed by atoms with Gasteiger partial charge in [-0.25, -0.2) is 0 Å². The van der Waals surface area contributed by atoms with Crippen LogP contribution in [0.1, 0.15) is 54.2 Å². The SMILES string of the molecule is CCCC(C(=O)c1ccc(Cc2ccc[nH]2)cc1)N1CCCC1.Cl. The van der Waals surface area contributed by atoms with Crippen LogP contribution in [0.5, 0.6) is 0 Å². The van der Waals surface area contributed by atoms with E-state index < -0.39 is 0 Å². The number of nitrogens with one attached hydrogen (secondary N) is 1. The fourth-order valence-corrected chi connectivity index (χ4v) is 3.48. The maximum atomic E-state index is 12.9. The molecular weight excluding hydrogens is 320 g/mol. The lowest BCUT2D eigenvalue weighted by atomic mass is 9.97. The number of benzene rings is 1. The molecular formula is C20H27ClN2O. The summed E-state index contributed by atoms with van der Waals surface area (Å²) in [7, 11) is 0. The minimum absolute atomic E-state index is 0. The van der Waals surface area contributed by atoms with Gasteiger partial charge in [-0.2, -0.15) is 0 Å². The third-order valence-electron chi connectivity index (χ3n) is 4.74. The molecule has 1 unspecified atom stereocenters. The number of halogens is 1. The number of ketones is 1. The summed E-state index contributed by atoms with van der Waals surface area (Å²) < 4.78 is 0. The fraction of sp³-hybridized carbons (Fsp3) is 0.450. The standard InChI is InChI=1S/C20H26N2O.ClH/c1-2-6-19(22-13-3-4-14-22)20(23)17-10-8-16(9-11-17)15-18-7-5-12-21-18;/h5,7-12,19,21H,2-4,6,13-15H2,1H3;1H. The maximum Gasteiger partial charge on any atom is 0.179 e. The summed E-state index contributed by atoms with van der Waals surface area (Å²) in [5.74, 6) is 0.292. The Bertz CT molecular complexity index is 616. The topological polar surface area (TPSA) is 36.1 Å². The number of carbonyl (C=O) groups excluding carboxylic acids is 1. The van der Waals surface area contributed by atoms with Crippen molar-refractivity contribution in [1.29, 1.82) is 0 Å². The van der Waals surface area contributed by atoms with Crippen molar-refractivity contribution in [2.75, 3.05) is 13.1 Å². The Kier molecular flexibility index (Phi) is 7.07. The number of carbonyl (C=O) groups is 1. The van der Waals surface area contributed by atoms with Gasteiger partial charge in [0, 0.05) is 23.9 Å². The average molecular weight is 347 g/mol. The van der Waals surface area contributed by atoms with E-state index in [-0.39, 0.29) is 18.4 Å². The van der Waals surface area contributed by atoms with Gasteiger partial charge in [0.1, 0.15) is 0 Å². The third kappa shape index (κ3) is 4.49. The molecule has 3 rings (SSSR count). The Morgan fingerprint density at radius 2 is 1.88 bits per heavy atom. The number of aromatic amines is 1. The zero-order valence-corrected chi connectivity index (χ0v) is 15.1. The van der Waals surface area contributed by atoms with Crippen LogP contribution in [0, 0.1) is 0 Å². The second-order valence-electron chi connectivity index (χ2n) is 6.48. The monoisotopic (exact) mass is 346 g/mol. The van der Waals surface area contributed by atoms with Gasteiger partial charge in [0.05, 0.1) is 6.04 Å². The van der Waals surface area contributed by atoms with E-state index >= 15 is 0 Å². The number of hydrogen-bond acceptors (Lipinski definition) is 2. The lowest BCUT2D eigenvalue weighted by molar-refractivity contribution is 0.0837. The van der Waals surface area contributed by atoms with Gasteiger partial charge in [0.15, 0.2) is 5.78 Å². The molecule has 1 N–H and O–H groups in total. The molecule has 130 valence electrons. The number of nitrogens with zero attached hydrogens (tertiary/aromatic N) is 1. The van der Waals surface area contributed by atoms with E-state index in [9.17, 15) is 4.79 Å². The van der Waals surface area contributed by atoms with Crippen LogP contribution in [-0.2, 0) is 6.42 Å². The highest BCUT2D eigenvalue weighted by Crippen LogP contribution is 2.20. The van der Waals surface area contributed by atoms with Crippen LogP contribution in [0.3, 0.4) is 0 Å². The number of rotatable bonds is 7. The highest BCUT2D eigenvalue weighted by atomic mass is 35.5. The molecule has 0 spiro atoms. The van der Waals surface area contributed by atoms with Gasteiger partial charge in [-0.1, -0.05) is 37.6 Å². The summed E-state index contributed by atoms with van der Waals surface area (Å²) in [5, 5.41) is 0. The van der Waals surface area contributed by atoms with Crippen molar-refractivity contribution in [3.8, 4) is 0 Å². The zero-order valence-electron chi connectivity index (χ0n) is 14.3. The molecule has 0 bridgehead atoms. The van der Waals surface area contributed by atoms with Gasteiger partial charge < -0.3 is 4.98 Å². The van der Waals surface area contributed by atoms with Crippen molar-refractivity contribution in [2.24, 2.45) is 0 Å². The first-order valence-corrected chi connectivity index (χ1v) is 8.77. The number of Topliss-reactive ketones (excluding diaryl/α,β-unsaturated/α-hetero) is 1. The number of hydrogen-bond donors (Lipinski definition) is 1. The normalized spacial score (nSPS) is 15.9. The predicted molar refractivity (Wildman–Crippen MR) is 101 cm³/mol. The van der Waals surface area contributed by atoms with E-state index in [1.54, 1.807) is 0 Å². The maximum absolute atomic E-state index is 12.9. The quantitative estimate of drug-likeness (QED) is 0.750. The Labute approximate surface area is 150 Å². The molecule has 2 aromatic rings. The lowest BCUT2D eigenvalue weighted by Gasteiger charge is -2.26. The molecule has 24 heavy (non-hydrogen) atoms. The summed E-state index contributed by atoms with van der Waals surface area (Å²) in [6.07, 6.45) is 7.29. The van der Waals surface area contributed by atoms with Crippen molar-refractivity contribution in [1.82, 2.24) is 9.88 Å². The Hall–Kier alpha value is -1.58. The lowest BCUT2D eigenvalue weighted by Crippen LogP contribution is -2.39. The van der Waals surface area contributed by atoms with Crippen molar-refractivity contribution in [2.45, 2.75) is 45.1 Å². The second kappa shape index (κ2) is 9.05. The summed E-state index contributed by atoms with van der Waals surface area (Å²) in [5.41, 5.74) is 3.29. The van der Waals surface area contributed by atoms with E-state index in [1.807, 2.05) is 24.4 Å². The third-order valence-corrected chi connectivity index (χ3v) is 4.74. The highest BCUT2D eigenvalue weighted by molar-refractivity contribution is 6.00. The average Bonchev–Trinajstić information content (AvgIpc) is 3.26. The van der Waals surface area contributed by atoms with Crippen LogP contribution in [0.15, 0.2) is 42.6 Å². The Morgan fingerprint density at radius 3 is 2.46 bits per heavy atom. The molecule has 1 aromatic carbocycles. The van der Waals surface area contributed by atoms with Crippen LogP contribution in [0.25, 0.3) is 0 Å². The minimum atomic E-state index is 0. The van der Waals surface area contributed by atoms with Crippen LogP contribution in [-0.4, -0.2) is 34.8 Å². The molecule has 1 atom stereocenters. The summed E-state index contributed by atoms with van der Waals surface area (Å²) in [6.45, 7) is 4.30. The summed E-state index contributed by atoms with van der Waals surface area (Å²) >= 11 is 0. The zero-order chi connectivity index (χ0) is 16.1. The van der Waals surface area contributed by atoms with E-state index in [1.165, 1.54) is 24.1 Å². The molecule has 1 aliphatic heterocycles. The largest absolute Gasteiger partial charge is 0.365 e. The molecule has 0 saturated carbocycles. The molecule has 0 aliphatic carbocycles. The van der Waals surface area contributed by atoms with Gasteiger partial charge in [-0.3, -0.25) is 9.69 Å². The van der Waals surface area contributed by atoms with Gasteiger partial charge in [-0.05, 0) is 50.0 Å². The first kappa shape index (κ1) is 18.8. The van der Waals surface area contributed by atoms with E-state index in [0.717, 1.165) is 37.9 Å². The number of H-pyrrole nitrogens is 1. The molecule has 0 amide bonds. The molecule has 1 fully saturated rings. The molecule has 4 heteroatoms. The first-order chi connectivity index (χ1) is 11.3. The highest BCUT2D eigenvalue weighted by Gasteiger charge is 2.27. The van der Waals surface area contributed by atoms with Gasteiger partial charge in [0.25, 0.3) is 0 Å². The van der Waals surface area contributed by atoms with Crippen LogP contribution < -0.4 is 0 Å². The van der Waals surface area contributed by atoms with Gasteiger partial charge in [0.2, 0.25) is 0 Å². The van der Waals surface area contributed by atoms with Crippen molar-refractivity contribution in [3.05, 3.63) is 59.4 Å². The number of likely N-dealkylation sites (tertiary alicyclic amines) is 1. The minimum Gasteiger partial charge on any atom is -0.365 e. The summed E-state index contributed by atoms with van der Waals surface area (Å²) in [4.78, 5) is 18.5. The Balaban J connectivity index is 0.00000208.